The number of ether oxygens (including phenoxy) is 6. The van der Waals surface area contributed by atoms with Crippen LogP contribution in [0.5, 0.6) is 0 Å². The lowest BCUT2D eigenvalue weighted by Gasteiger charge is -2.38. The number of anilines is 2. The van der Waals surface area contributed by atoms with E-state index < -0.39 is 38.2 Å². The van der Waals surface area contributed by atoms with Gasteiger partial charge in [0.25, 0.3) is 0 Å². The summed E-state index contributed by atoms with van der Waals surface area (Å²) in [6.45, 7) is 55.2. The molecule has 5 aliphatic rings. The van der Waals surface area contributed by atoms with Crippen molar-refractivity contribution >= 4 is 159 Å². The van der Waals surface area contributed by atoms with Gasteiger partial charge < -0.3 is 75.7 Å². The molecule has 0 amide bonds. The number of carbonyl (C=O) groups is 2. The van der Waals surface area contributed by atoms with E-state index in [0.717, 1.165) is 155 Å². The average Bonchev–Trinajstić information content (AvgIpc) is 1.61. The molecule has 0 aliphatic carbocycles. The van der Waals surface area contributed by atoms with Crippen LogP contribution in [0.4, 0.5) is 15.8 Å². The molecule has 0 saturated carbocycles. The molecule has 12 aromatic rings. The Labute approximate surface area is 787 Å². The second-order valence-electron chi connectivity index (χ2n) is 35.2. The lowest BCUT2D eigenvalue weighted by atomic mass is 10.1. The van der Waals surface area contributed by atoms with Crippen LogP contribution in [-0.2, 0) is 61.3 Å². The van der Waals surface area contributed by atoms with Gasteiger partial charge in [0.15, 0.2) is 55.9 Å². The molecule has 3 N–H and O–H groups in total. The minimum atomic E-state index is -1.76. The minimum absolute atomic E-state index is 0.0453. The minimum Gasteiger partial charge on any atom is -0.416 e. The molecular weight excluding hydrogens is 1840 g/mol. The van der Waals surface area contributed by atoms with E-state index in [0.29, 0.717) is 69.8 Å². The number of morpholine rings is 1. The molecule has 17 rings (SSSR count). The van der Waals surface area contributed by atoms with Crippen molar-refractivity contribution in [3.63, 3.8) is 0 Å². The second kappa shape index (κ2) is 50.1. The van der Waals surface area contributed by atoms with Crippen LogP contribution >= 0.6 is 65.9 Å². The molecule has 127 heavy (non-hydrogen) atoms. The molecule has 4 fully saturated rings. The van der Waals surface area contributed by atoms with Gasteiger partial charge in [0.2, 0.25) is 0 Å². The number of alkyl halides is 2. The number of nitrogens with one attached hydrogen (secondary N) is 2. The molecule has 31 heteroatoms. The largest absolute Gasteiger partial charge is 0.416 e. The first-order chi connectivity index (χ1) is 61.4. The van der Waals surface area contributed by atoms with Crippen molar-refractivity contribution in [1.82, 2.24) is 38.6 Å². The van der Waals surface area contributed by atoms with Crippen LogP contribution in [0.2, 0.25) is 54.4 Å². The predicted octanol–water partition coefficient (Wildman–Crippen LogP) is 25.3. The van der Waals surface area contributed by atoms with Crippen LogP contribution in [-0.4, -0.2) is 173 Å². The summed E-state index contributed by atoms with van der Waals surface area (Å²) in [5.74, 6) is 1.17. The summed E-state index contributed by atoms with van der Waals surface area (Å²) in [6.07, 6.45) is 7.73. The molecule has 5 aliphatic heterocycles. The number of aromatic nitrogens is 8. The number of thiophene rings is 3. The standard InChI is InChI=1S/C19H22N2O3S.C16H16N2O2S.C16H24N2O2Si.C15H24N2OSi.C8H9BrO2S.C8H19BrOSi.C7H6N2.C4H8O.C2H6.CH3F/c1-3-8-21-15-7-5-4-6-14(15)20-18(21)17(22)13-11-16(25-12(13)2)19-23-9-10-24-19;1-10-12(8-11(9-19)21-10)15-16-17-13-4-2-3-5-14(13)18(16)6-7-20-15;1-16(2,3)21(4,5)20-11-10-18-14-9-7-6-8-13(14)17-15(18)12-19;1-15(2,3)19(4,5)18-11-10-17-12-16-13-8-6-7-9-14(13)17;1-5-6(9)4-7(12-5)8-10-2-3-11-8;1-8(2,3)11(4,5)10-7-6-9;1-2-4-7-6(3-1)8-5-9-7;1-2-4-5-3-1;2*1-2/h4-7,11,17,19,22H,3,8-10H2,1-2H3;2-5,8-9,15-17H,6-7H2,1H3;6-9,12H,10-11H2,1-5H3;6-9,12H,10-11H2,1-5H3;4,8H,2-3H2,1H3;6-7H2,1-5H3;1-5H,(H,8,9);1-4H2;1-2H3;1H3/i;;;;;;;;2*1D. The number of benzene rings is 5. The van der Waals surface area contributed by atoms with Crippen molar-refractivity contribution in [3.05, 3.63) is 209 Å². The maximum Gasteiger partial charge on any atom is 0.193 e. The van der Waals surface area contributed by atoms with Gasteiger partial charge in [-0.1, -0.05) is 160 Å². The Balaban J connectivity index is 0.000000186. The number of rotatable bonds is 20. The lowest BCUT2D eigenvalue weighted by molar-refractivity contribution is -0.0415. The molecule has 3 unspecified atom stereocenters. The van der Waals surface area contributed by atoms with Gasteiger partial charge in [0.1, 0.15) is 24.2 Å². The Morgan fingerprint density at radius 2 is 1.12 bits per heavy atom. The summed E-state index contributed by atoms with van der Waals surface area (Å²) < 4.78 is 80.2. The van der Waals surface area contributed by atoms with E-state index in [2.05, 4.69) is 236 Å². The van der Waals surface area contributed by atoms with Gasteiger partial charge in [0.05, 0.1) is 138 Å². The first-order valence-electron chi connectivity index (χ1n) is 45.0. The summed E-state index contributed by atoms with van der Waals surface area (Å²) in [5.41, 5.74) is 12.6. The smallest absolute Gasteiger partial charge is 0.193 e. The van der Waals surface area contributed by atoms with Crippen LogP contribution in [0, 0.1) is 20.8 Å². The molecule has 0 spiro atoms. The molecule has 0 bridgehead atoms. The van der Waals surface area contributed by atoms with E-state index in [-0.39, 0.29) is 34.9 Å². The second-order valence-corrected chi connectivity index (χ2v) is 55.1. The van der Waals surface area contributed by atoms with Gasteiger partial charge in [-0.3, -0.25) is 14.0 Å². The third kappa shape index (κ3) is 29.1. The quantitative estimate of drug-likeness (QED) is 0.0365. The van der Waals surface area contributed by atoms with E-state index >= 15 is 0 Å². The van der Waals surface area contributed by atoms with Crippen molar-refractivity contribution in [2.45, 2.75) is 228 Å². The monoisotopic (exact) mass is 1980 g/mol. The summed E-state index contributed by atoms with van der Waals surface area (Å²) >= 11 is 11.7. The van der Waals surface area contributed by atoms with Gasteiger partial charge in [-0.25, -0.2) is 19.9 Å². The Bertz CT molecular complexity index is 5300. The Hall–Kier alpha value is -6.84. The summed E-state index contributed by atoms with van der Waals surface area (Å²) in [7, 11) is -5.85. The zero-order valence-corrected chi connectivity index (χ0v) is 86.6. The number of aromatic amines is 1. The van der Waals surface area contributed by atoms with E-state index in [1.54, 1.807) is 35.9 Å². The summed E-state index contributed by atoms with van der Waals surface area (Å²) in [4.78, 5) is 51.5. The first kappa shape index (κ1) is 102. The van der Waals surface area contributed by atoms with Gasteiger partial charge >= 0.3 is 0 Å². The SMILES string of the molecule is C1CCOC1.CC(C)(C)[Si](C)(C)OCCBr.CC(C)(C)[Si](C)(C)OCCn1c(C=O)nc2ccccc21.CC(C)(C)[Si](C)(C)OCCn1cnc2ccccc21.CCCn1c(C(O)c2cc(C3OCCO3)sc2C)nc2ccccc21.Cc1sc(C2OCCO2)cc1Br.Cc1sc(C=O)cc1C1OCCN2c3ccccc3NC12.[2H]CC.[2H]CF.c1ccc2[nH]cnc2c1. The predicted molar refractivity (Wildman–Crippen MR) is 536 cm³/mol. The average molecular weight is 1980 g/mol. The van der Waals surface area contributed by atoms with Gasteiger partial charge in [-0.2, -0.15) is 0 Å². The number of H-pyrrole nitrogens is 1. The molecule has 3 atom stereocenters. The number of imidazole rings is 4. The van der Waals surface area contributed by atoms with Crippen molar-refractivity contribution in [3.8, 4) is 0 Å². The third-order valence-electron chi connectivity index (χ3n) is 23.4. The molecular formula is C96H137Br2FN10O12S3Si3. The van der Waals surface area contributed by atoms with Crippen LogP contribution in [0.1, 0.15) is 191 Å². The number of hydrogen-bond donors (Lipinski definition) is 3. The van der Waals surface area contributed by atoms with Gasteiger partial charge in [0, 0.05) is 77.4 Å². The Kier molecular flexibility index (Phi) is 40.4. The van der Waals surface area contributed by atoms with Crippen LogP contribution in [0.3, 0.4) is 0 Å². The zero-order chi connectivity index (χ0) is 94.3. The number of aliphatic hydroxyl groups excluding tert-OH is 1. The summed E-state index contributed by atoms with van der Waals surface area (Å²) in [5, 5.41) is 16.4. The van der Waals surface area contributed by atoms with E-state index in [4.69, 9.17) is 49.4 Å². The molecule has 694 valence electrons. The topological polar surface area (TPSA) is 235 Å². The number of fused-ring (bicyclic) bond motifs is 7. The van der Waals surface area contributed by atoms with Crippen molar-refractivity contribution in [1.29, 1.82) is 0 Å². The van der Waals surface area contributed by atoms with Crippen molar-refractivity contribution < 1.29 is 63.5 Å². The lowest BCUT2D eigenvalue weighted by Crippen LogP contribution is -2.48. The number of aryl methyl sites for hydroxylation is 4. The fourth-order valence-electron chi connectivity index (χ4n) is 13.4. The van der Waals surface area contributed by atoms with Crippen LogP contribution < -0.4 is 10.2 Å². The first-order valence-corrected chi connectivity index (χ1v) is 56.6. The highest BCUT2D eigenvalue weighted by atomic mass is 79.9. The number of nitrogens with zero attached hydrogens (tertiary/aromatic N) is 8. The van der Waals surface area contributed by atoms with Crippen molar-refractivity contribution in [2.75, 3.05) is 95.3 Å². The van der Waals surface area contributed by atoms with Gasteiger partial charge in [-0.05, 0) is 195 Å². The maximum absolute atomic E-state index is 11.2. The van der Waals surface area contributed by atoms with Crippen LogP contribution in [0.15, 0.2) is 157 Å². The maximum atomic E-state index is 11.2. The number of carbonyl (C=O) groups excluding carboxylic acids is 2. The molecule has 7 aromatic heterocycles. The molecule has 12 heterocycles. The number of halogens is 3. The number of hydrogen-bond acceptors (Lipinski definition) is 21. The van der Waals surface area contributed by atoms with E-state index in [1.165, 1.54) is 40.3 Å². The fraction of sp³-hybridized carbons (Fsp3) is 0.500. The number of para-hydroxylation sites is 10. The van der Waals surface area contributed by atoms with E-state index in [9.17, 15) is 19.1 Å². The van der Waals surface area contributed by atoms with E-state index in [1.807, 2.05) is 115 Å². The zero-order valence-electron chi connectivity index (χ0n) is 80.0. The molecule has 5 aromatic carbocycles. The van der Waals surface area contributed by atoms with Crippen LogP contribution in [0.25, 0.3) is 44.1 Å². The van der Waals surface area contributed by atoms with Crippen molar-refractivity contribution in [2.24, 2.45) is 0 Å². The normalized spacial score (nSPS) is 16.2. The fourth-order valence-corrected chi connectivity index (χ4v) is 20.5. The highest BCUT2D eigenvalue weighted by molar-refractivity contribution is 9.10. The number of aliphatic hydroxyl groups is 1. The molecule has 0 radical (unpaired) electrons. The number of aldehydes is 2. The van der Waals surface area contributed by atoms with Gasteiger partial charge in [-0.15, -0.1) is 34.0 Å². The Morgan fingerprint density at radius 1 is 0.606 bits per heavy atom. The Morgan fingerprint density at radius 3 is 1.65 bits per heavy atom. The molecule has 22 nitrogen and oxygen atoms in total. The highest BCUT2D eigenvalue weighted by Gasteiger charge is 2.42. The summed E-state index contributed by atoms with van der Waals surface area (Å²) in [6, 6.07) is 46.4. The third-order valence-corrected chi connectivity index (χ3v) is 41.6. The highest BCUT2D eigenvalue weighted by Crippen LogP contribution is 2.45. The molecule has 4 saturated heterocycles.